The molecule has 5 heteroatoms. The Balaban J connectivity index is 2.28. The molecule has 1 aromatic carbocycles. The molecule has 1 amide bonds. The van der Waals surface area contributed by atoms with Gasteiger partial charge in [0.05, 0.1) is 16.3 Å². The number of anilines is 3. The summed E-state index contributed by atoms with van der Waals surface area (Å²) in [5, 5.41) is 4.76. The molecule has 0 aliphatic rings. The molecule has 94 valence electrons. The van der Waals surface area contributed by atoms with Gasteiger partial charge in [0.1, 0.15) is 0 Å². The number of nitrogens with zero attached hydrogens (tertiary/aromatic N) is 1. The second-order valence-electron chi connectivity index (χ2n) is 4.10. The minimum atomic E-state index is -0.112. The molecule has 4 nitrogen and oxygen atoms in total. The van der Waals surface area contributed by atoms with Crippen molar-refractivity contribution in [1.29, 1.82) is 0 Å². The van der Waals surface area contributed by atoms with Crippen molar-refractivity contribution < 1.29 is 4.79 Å². The molecule has 1 heterocycles. The van der Waals surface area contributed by atoms with E-state index in [9.17, 15) is 4.79 Å². The minimum absolute atomic E-state index is 0.112. The molecule has 2 rings (SSSR count). The first kappa shape index (κ1) is 12.4. The number of nitrogen functional groups attached to an aromatic ring is 1. The van der Waals surface area contributed by atoms with Gasteiger partial charge in [0.25, 0.3) is 5.91 Å². The molecule has 0 aliphatic heterocycles. The van der Waals surface area contributed by atoms with Gasteiger partial charge in [-0.25, -0.2) is 0 Å². The van der Waals surface area contributed by atoms with Crippen LogP contribution in [0.1, 0.15) is 9.67 Å². The summed E-state index contributed by atoms with van der Waals surface area (Å²) in [5.74, 6) is -0.112. The van der Waals surface area contributed by atoms with Gasteiger partial charge in [0.15, 0.2) is 0 Å². The van der Waals surface area contributed by atoms with E-state index in [1.807, 2.05) is 42.6 Å². The summed E-state index contributed by atoms with van der Waals surface area (Å²) in [6.45, 7) is 0. The number of carbonyl (C=O) groups excluding carboxylic acids is 1. The third-order valence-electron chi connectivity index (χ3n) is 2.50. The first-order valence-corrected chi connectivity index (χ1v) is 6.37. The maximum atomic E-state index is 12.0. The molecular weight excluding hydrogens is 246 g/mol. The zero-order valence-corrected chi connectivity index (χ0v) is 11.1. The largest absolute Gasteiger partial charge is 0.399 e. The van der Waals surface area contributed by atoms with Crippen molar-refractivity contribution in [3.8, 4) is 0 Å². The molecular formula is C13H15N3OS. The number of hydrogen-bond acceptors (Lipinski definition) is 4. The average Bonchev–Trinajstić information content (AvgIpc) is 2.81. The number of carbonyl (C=O) groups is 1. The van der Waals surface area contributed by atoms with Gasteiger partial charge >= 0.3 is 0 Å². The molecule has 2 aromatic rings. The first-order valence-electron chi connectivity index (χ1n) is 5.49. The Labute approximate surface area is 110 Å². The highest BCUT2D eigenvalue weighted by atomic mass is 32.1. The molecule has 0 aliphatic carbocycles. The lowest BCUT2D eigenvalue weighted by Gasteiger charge is -2.18. The van der Waals surface area contributed by atoms with Crippen LogP contribution >= 0.6 is 11.3 Å². The van der Waals surface area contributed by atoms with Crippen LogP contribution in [0.25, 0.3) is 0 Å². The van der Waals surface area contributed by atoms with Crippen molar-refractivity contribution in [2.75, 3.05) is 30.0 Å². The molecule has 3 N–H and O–H groups in total. The summed E-state index contributed by atoms with van der Waals surface area (Å²) >= 11 is 1.41. The topological polar surface area (TPSA) is 58.4 Å². The van der Waals surface area contributed by atoms with Crippen LogP contribution in [-0.2, 0) is 0 Å². The fourth-order valence-electron chi connectivity index (χ4n) is 1.64. The van der Waals surface area contributed by atoms with Crippen LogP contribution in [0.5, 0.6) is 0 Å². The van der Waals surface area contributed by atoms with E-state index in [-0.39, 0.29) is 5.91 Å². The van der Waals surface area contributed by atoms with Crippen molar-refractivity contribution in [2.45, 2.75) is 0 Å². The first-order chi connectivity index (χ1) is 8.58. The van der Waals surface area contributed by atoms with E-state index in [0.717, 1.165) is 11.4 Å². The van der Waals surface area contributed by atoms with Gasteiger partial charge in [-0.2, -0.15) is 0 Å². The normalized spacial score (nSPS) is 10.1. The number of thiophene rings is 1. The predicted molar refractivity (Wildman–Crippen MR) is 77.5 cm³/mol. The quantitative estimate of drug-likeness (QED) is 0.835. The van der Waals surface area contributed by atoms with Crippen LogP contribution in [0.2, 0.25) is 0 Å². The summed E-state index contributed by atoms with van der Waals surface area (Å²) in [6, 6.07) is 9.11. The molecule has 0 bridgehead atoms. The Morgan fingerprint density at radius 3 is 2.72 bits per heavy atom. The van der Waals surface area contributed by atoms with Crippen molar-refractivity contribution in [2.24, 2.45) is 0 Å². The second-order valence-corrected chi connectivity index (χ2v) is 5.05. The van der Waals surface area contributed by atoms with E-state index >= 15 is 0 Å². The molecule has 0 radical (unpaired) electrons. The van der Waals surface area contributed by atoms with Crippen LogP contribution in [0, 0.1) is 0 Å². The Bertz CT molecular complexity index is 549. The van der Waals surface area contributed by atoms with Gasteiger partial charge in [0, 0.05) is 19.8 Å². The van der Waals surface area contributed by atoms with E-state index in [2.05, 4.69) is 5.32 Å². The summed E-state index contributed by atoms with van der Waals surface area (Å²) in [5.41, 5.74) is 8.03. The Morgan fingerprint density at radius 2 is 2.11 bits per heavy atom. The van der Waals surface area contributed by atoms with E-state index in [1.165, 1.54) is 11.3 Å². The number of rotatable bonds is 3. The van der Waals surface area contributed by atoms with Crippen LogP contribution in [0.3, 0.4) is 0 Å². The smallest absolute Gasteiger partial charge is 0.265 e. The van der Waals surface area contributed by atoms with E-state index in [4.69, 9.17) is 5.73 Å². The monoisotopic (exact) mass is 261 g/mol. The molecule has 0 atom stereocenters. The fraction of sp³-hybridized carbons (Fsp3) is 0.154. The molecule has 0 fully saturated rings. The highest BCUT2D eigenvalue weighted by Crippen LogP contribution is 2.27. The number of benzene rings is 1. The van der Waals surface area contributed by atoms with Gasteiger partial charge in [-0.05, 0) is 29.6 Å². The van der Waals surface area contributed by atoms with Gasteiger partial charge in [-0.15, -0.1) is 11.3 Å². The molecule has 0 spiro atoms. The molecule has 0 unspecified atom stereocenters. The summed E-state index contributed by atoms with van der Waals surface area (Å²) in [6.07, 6.45) is 0. The summed E-state index contributed by atoms with van der Waals surface area (Å²) < 4.78 is 0. The van der Waals surface area contributed by atoms with Crippen LogP contribution < -0.4 is 16.0 Å². The lowest BCUT2D eigenvalue weighted by atomic mass is 10.2. The standard InChI is InChI=1S/C13H15N3OS/c1-16(2)11-6-5-9(14)8-10(11)15-13(17)12-4-3-7-18-12/h3-8H,14H2,1-2H3,(H,15,17). The molecule has 0 saturated carbocycles. The van der Waals surface area contributed by atoms with E-state index in [1.54, 1.807) is 12.1 Å². The SMILES string of the molecule is CN(C)c1ccc(N)cc1NC(=O)c1cccs1. The average molecular weight is 261 g/mol. The Hall–Kier alpha value is -2.01. The molecule has 0 saturated heterocycles. The van der Waals surface area contributed by atoms with Gasteiger partial charge in [0.2, 0.25) is 0 Å². The third-order valence-corrected chi connectivity index (χ3v) is 3.36. The van der Waals surface area contributed by atoms with Gasteiger partial charge < -0.3 is 16.0 Å². The molecule has 1 aromatic heterocycles. The second kappa shape index (κ2) is 5.10. The maximum Gasteiger partial charge on any atom is 0.265 e. The van der Waals surface area contributed by atoms with Crippen LogP contribution in [0.15, 0.2) is 35.7 Å². The third kappa shape index (κ3) is 2.62. The van der Waals surface area contributed by atoms with Crippen LogP contribution in [-0.4, -0.2) is 20.0 Å². The predicted octanol–water partition coefficient (Wildman–Crippen LogP) is 2.65. The Kier molecular flexibility index (Phi) is 3.53. The lowest BCUT2D eigenvalue weighted by Crippen LogP contribution is -2.16. The Morgan fingerprint density at radius 1 is 1.33 bits per heavy atom. The maximum absolute atomic E-state index is 12.0. The summed E-state index contributed by atoms with van der Waals surface area (Å²) in [7, 11) is 3.85. The number of hydrogen-bond donors (Lipinski definition) is 2. The molecule has 18 heavy (non-hydrogen) atoms. The minimum Gasteiger partial charge on any atom is -0.399 e. The number of nitrogens with one attached hydrogen (secondary N) is 1. The van der Waals surface area contributed by atoms with E-state index < -0.39 is 0 Å². The highest BCUT2D eigenvalue weighted by molar-refractivity contribution is 7.12. The number of nitrogens with two attached hydrogens (primary N) is 1. The van der Waals surface area contributed by atoms with Crippen molar-refractivity contribution >= 4 is 34.3 Å². The van der Waals surface area contributed by atoms with Gasteiger partial charge in [-0.3, -0.25) is 4.79 Å². The van der Waals surface area contributed by atoms with Gasteiger partial charge in [-0.1, -0.05) is 6.07 Å². The zero-order chi connectivity index (χ0) is 13.1. The zero-order valence-electron chi connectivity index (χ0n) is 10.3. The highest BCUT2D eigenvalue weighted by Gasteiger charge is 2.11. The fourth-order valence-corrected chi connectivity index (χ4v) is 2.25. The van der Waals surface area contributed by atoms with Crippen molar-refractivity contribution in [3.63, 3.8) is 0 Å². The lowest BCUT2D eigenvalue weighted by molar-refractivity contribution is 0.103. The van der Waals surface area contributed by atoms with E-state index in [0.29, 0.717) is 10.6 Å². The summed E-state index contributed by atoms with van der Waals surface area (Å²) in [4.78, 5) is 14.6. The number of amides is 1. The van der Waals surface area contributed by atoms with Crippen molar-refractivity contribution in [1.82, 2.24) is 0 Å². The van der Waals surface area contributed by atoms with Crippen molar-refractivity contribution in [3.05, 3.63) is 40.6 Å². The van der Waals surface area contributed by atoms with Crippen LogP contribution in [0.4, 0.5) is 17.1 Å².